The van der Waals surface area contributed by atoms with Gasteiger partial charge in [0, 0.05) is 18.2 Å². The van der Waals surface area contributed by atoms with Crippen molar-refractivity contribution < 1.29 is 14.2 Å². The van der Waals surface area contributed by atoms with E-state index in [2.05, 4.69) is 32.2 Å². The summed E-state index contributed by atoms with van der Waals surface area (Å²) < 4.78 is 17.3. The van der Waals surface area contributed by atoms with Gasteiger partial charge in [0.05, 0.1) is 19.3 Å². The van der Waals surface area contributed by atoms with Gasteiger partial charge < -0.3 is 19.5 Å². The highest BCUT2D eigenvalue weighted by Gasteiger charge is 2.23. The topological polar surface area (TPSA) is 39.7 Å². The zero-order valence-electron chi connectivity index (χ0n) is 13.5. The lowest BCUT2D eigenvalue weighted by Gasteiger charge is -2.18. The van der Waals surface area contributed by atoms with E-state index in [1.54, 1.807) is 7.11 Å². The molecule has 2 unspecified atom stereocenters. The Hall–Kier alpha value is -1.26. The average molecular weight is 293 g/mol. The summed E-state index contributed by atoms with van der Waals surface area (Å²) in [7, 11) is 1.68. The van der Waals surface area contributed by atoms with Crippen molar-refractivity contribution in [2.45, 2.75) is 58.4 Å². The van der Waals surface area contributed by atoms with Crippen molar-refractivity contribution in [1.29, 1.82) is 0 Å². The molecule has 1 aromatic rings. The Labute approximate surface area is 127 Å². The van der Waals surface area contributed by atoms with Crippen LogP contribution in [-0.4, -0.2) is 32.0 Å². The first-order valence-corrected chi connectivity index (χ1v) is 7.77. The van der Waals surface area contributed by atoms with Gasteiger partial charge >= 0.3 is 0 Å². The van der Waals surface area contributed by atoms with Gasteiger partial charge in [0.2, 0.25) is 0 Å². The molecule has 0 saturated carbocycles. The predicted molar refractivity (Wildman–Crippen MR) is 84.0 cm³/mol. The normalized spacial score (nSPS) is 21.8. The second kappa shape index (κ2) is 7.66. The second-order valence-electron chi connectivity index (χ2n) is 5.94. The molecule has 1 aromatic carbocycles. The number of benzene rings is 1. The lowest BCUT2D eigenvalue weighted by Crippen LogP contribution is -2.23. The van der Waals surface area contributed by atoms with E-state index in [0.29, 0.717) is 18.8 Å². The minimum atomic E-state index is 0.191. The highest BCUT2D eigenvalue weighted by Crippen LogP contribution is 2.32. The van der Waals surface area contributed by atoms with Gasteiger partial charge in [0.25, 0.3) is 0 Å². The molecule has 1 fully saturated rings. The van der Waals surface area contributed by atoms with Crippen LogP contribution < -0.4 is 14.8 Å². The van der Waals surface area contributed by atoms with Crippen molar-refractivity contribution >= 4 is 0 Å². The summed E-state index contributed by atoms with van der Waals surface area (Å²) in [6, 6.07) is 6.44. The molecule has 0 aliphatic carbocycles. The van der Waals surface area contributed by atoms with Gasteiger partial charge in [-0.25, -0.2) is 0 Å². The molecule has 1 aliphatic rings. The van der Waals surface area contributed by atoms with Crippen LogP contribution in [0.5, 0.6) is 11.5 Å². The summed E-state index contributed by atoms with van der Waals surface area (Å²) in [5, 5.41) is 3.42. The van der Waals surface area contributed by atoms with Crippen LogP contribution in [-0.2, 0) is 11.3 Å². The standard InChI is InChI=1S/C17H27NO3/c1-12(2)18-10-14-6-5-7-16(19-4)17(14)20-11-15-9-8-13(3)21-15/h5-7,12-13,15,18H,8-11H2,1-4H3. The van der Waals surface area contributed by atoms with E-state index in [-0.39, 0.29) is 6.10 Å². The molecule has 0 aromatic heterocycles. The molecule has 4 nitrogen and oxygen atoms in total. The van der Waals surface area contributed by atoms with E-state index in [4.69, 9.17) is 14.2 Å². The molecule has 0 amide bonds. The Bertz CT molecular complexity index is 448. The second-order valence-corrected chi connectivity index (χ2v) is 5.94. The Morgan fingerprint density at radius 2 is 2.14 bits per heavy atom. The molecule has 21 heavy (non-hydrogen) atoms. The van der Waals surface area contributed by atoms with Crippen LogP contribution in [0.1, 0.15) is 39.2 Å². The maximum atomic E-state index is 6.03. The number of hydrogen-bond donors (Lipinski definition) is 1. The fourth-order valence-corrected chi connectivity index (χ4v) is 2.52. The monoisotopic (exact) mass is 293 g/mol. The molecule has 2 rings (SSSR count). The molecular formula is C17H27NO3. The molecule has 4 heteroatoms. The minimum absolute atomic E-state index is 0.191. The van der Waals surface area contributed by atoms with Gasteiger partial charge in [-0.05, 0) is 25.8 Å². The SMILES string of the molecule is COc1cccc(CNC(C)C)c1OCC1CCC(C)O1. The maximum Gasteiger partial charge on any atom is 0.165 e. The summed E-state index contributed by atoms with van der Waals surface area (Å²) in [5.41, 5.74) is 1.12. The van der Waals surface area contributed by atoms with E-state index >= 15 is 0 Å². The van der Waals surface area contributed by atoms with E-state index in [1.807, 2.05) is 12.1 Å². The number of ether oxygens (including phenoxy) is 3. The summed E-state index contributed by atoms with van der Waals surface area (Å²) in [6.07, 6.45) is 2.71. The number of methoxy groups -OCH3 is 1. The van der Waals surface area contributed by atoms with Crippen LogP contribution >= 0.6 is 0 Å². The molecule has 2 atom stereocenters. The fourth-order valence-electron chi connectivity index (χ4n) is 2.52. The molecule has 0 bridgehead atoms. The van der Waals surface area contributed by atoms with Gasteiger partial charge in [-0.3, -0.25) is 0 Å². The van der Waals surface area contributed by atoms with Crippen molar-refractivity contribution in [2.24, 2.45) is 0 Å². The number of rotatable bonds is 7. The van der Waals surface area contributed by atoms with E-state index in [9.17, 15) is 0 Å². The Morgan fingerprint density at radius 1 is 1.33 bits per heavy atom. The van der Waals surface area contributed by atoms with E-state index in [1.165, 1.54) is 0 Å². The summed E-state index contributed by atoms with van der Waals surface area (Å²) in [4.78, 5) is 0. The first kappa shape index (κ1) is 16.1. The highest BCUT2D eigenvalue weighted by atomic mass is 16.6. The molecule has 1 heterocycles. The Kier molecular flexibility index (Phi) is 5.88. The third-order valence-corrected chi connectivity index (χ3v) is 3.71. The van der Waals surface area contributed by atoms with Crippen molar-refractivity contribution in [3.63, 3.8) is 0 Å². The quantitative estimate of drug-likeness (QED) is 0.838. The Morgan fingerprint density at radius 3 is 2.76 bits per heavy atom. The van der Waals surface area contributed by atoms with Crippen LogP contribution in [0.3, 0.4) is 0 Å². The number of nitrogens with one attached hydrogen (secondary N) is 1. The molecule has 1 aliphatic heterocycles. The smallest absolute Gasteiger partial charge is 0.165 e. The van der Waals surface area contributed by atoms with Crippen molar-refractivity contribution in [3.8, 4) is 11.5 Å². The van der Waals surface area contributed by atoms with Gasteiger partial charge in [0.1, 0.15) is 6.61 Å². The zero-order chi connectivity index (χ0) is 15.2. The van der Waals surface area contributed by atoms with Crippen molar-refractivity contribution in [1.82, 2.24) is 5.32 Å². The summed E-state index contributed by atoms with van der Waals surface area (Å²) in [5.74, 6) is 1.61. The molecule has 118 valence electrons. The largest absolute Gasteiger partial charge is 0.493 e. The fraction of sp³-hybridized carbons (Fsp3) is 0.647. The molecule has 1 saturated heterocycles. The average Bonchev–Trinajstić information content (AvgIpc) is 2.88. The van der Waals surface area contributed by atoms with Crippen LogP contribution in [0.2, 0.25) is 0 Å². The number of para-hydroxylation sites is 1. The third-order valence-electron chi connectivity index (χ3n) is 3.71. The lowest BCUT2D eigenvalue weighted by atomic mass is 10.1. The van der Waals surface area contributed by atoms with E-state index < -0.39 is 0 Å². The van der Waals surface area contributed by atoms with Gasteiger partial charge in [-0.1, -0.05) is 26.0 Å². The third kappa shape index (κ3) is 4.61. The summed E-state index contributed by atoms with van der Waals surface area (Å²) in [6.45, 7) is 7.73. The molecule has 0 spiro atoms. The van der Waals surface area contributed by atoms with Crippen LogP contribution in [0.4, 0.5) is 0 Å². The van der Waals surface area contributed by atoms with Gasteiger partial charge in [-0.2, -0.15) is 0 Å². The van der Waals surface area contributed by atoms with Crippen LogP contribution in [0, 0.1) is 0 Å². The molecule has 0 radical (unpaired) electrons. The van der Waals surface area contributed by atoms with E-state index in [0.717, 1.165) is 36.4 Å². The van der Waals surface area contributed by atoms with Gasteiger partial charge in [-0.15, -0.1) is 0 Å². The predicted octanol–water partition coefficient (Wildman–Crippen LogP) is 3.14. The molecule has 1 N–H and O–H groups in total. The highest BCUT2D eigenvalue weighted by molar-refractivity contribution is 5.46. The summed E-state index contributed by atoms with van der Waals surface area (Å²) >= 11 is 0. The Balaban J connectivity index is 2.04. The van der Waals surface area contributed by atoms with Crippen LogP contribution in [0.15, 0.2) is 18.2 Å². The minimum Gasteiger partial charge on any atom is -0.493 e. The zero-order valence-corrected chi connectivity index (χ0v) is 13.5. The first-order valence-electron chi connectivity index (χ1n) is 7.77. The van der Waals surface area contributed by atoms with Crippen molar-refractivity contribution in [3.05, 3.63) is 23.8 Å². The first-order chi connectivity index (χ1) is 10.1. The van der Waals surface area contributed by atoms with Crippen molar-refractivity contribution in [2.75, 3.05) is 13.7 Å². The molecular weight excluding hydrogens is 266 g/mol. The maximum absolute atomic E-state index is 6.03. The van der Waals surface area contributed by atoms with Crippen LogP contribution in [0.25, 0.3) is 0 Å². The van der Waals surface area contributed by atoms with Gasteiger partial charge in [0.15, 0.2) is 11.5 Å². The number of hydrogen-bond acceptors (Lipinski definition) is 4. The lowest BCUT2D eigenvalue weighted by molar-refractivity contribution is 0.0256.